The van der Waals surface area contributed by atoms with Gasteiger partial charge in [0.15, 0.2) is 0 Å². The average Bonchev–Trinajstić information content (AvgIpc) is 3.09. The Bertz CT molecular complexity index is 574. The zero-order chi connectivity index (χ0) is 17.4. The van der Waals surface area contributed by atoms with E-state index < -0.39 is 5.97 Å². The zero-order valence-corrected chi connectivity index (χ0v) is 14.5. The van der Waals surface area contributed by atoms with Crippen molar-refractivity contribution in [2.75, 3.05) is 25.6 Å². The number of esters is 1. The molecular formula is C17H23ClN2O4. The van der Waals surface area contributed by atoms with Gasteiger partial charge in [-0.15, -0.1) is 0 Å². The van der Waals surface area contributed by atoms with Gasteiger partial charge in [-0.05, 0) is 37.5 Å². The fourth-order valence-corrected chi connectivity index (χ4v) is 2.82. The molecule has 1 fully saturated rings. The van der Waals surface area contributed by atoms with Crippen LogP contribution in [0, 0.1) is 0 Å². The van der Waals surface area contributed by atoms with Crippen molar-refractivity contribution in [3.8, 4) is 0 Å². The van der Waals surface area contributed by atoms with Crippen LogP contribution in [-0.4, -0.2) is 38.4 Å². The van der Waals surface area contributed by atoms with Crippen LogP contribution in [-0.2, 0) is 9.47 Å². The number of carbonyl (C=O) groups is 2. The Morgan fingerprint density at radius 3 is 2.75 bits per heavy atom. The first-order valence-corrected chi connectivity index (χ1v) is 8.52. The van der Waals surface area contributed by atoms with Gasteiger partial charge in [-0.25, -0.2) is 9.59 Å². The van der Waals surface area contributed by atoms with Crippen molar-refractivity contribution in [3.63, 3.8) is 0 Å². The third kappa shape index (κ3) is 5.69. The van der Waals surface area contributed by atoms with Gasteiger partial charge in [0.1, 0.15) is 0 Å². The molecule has 6 nitrogen and oxygen atoms in total. The van der Waals surface area contributed by atoms with Gasteiger partial charge in [0, 0.05) is 18.8 Å². The van der Waals surface area contributed by atoms with Crippen molar-refractivity contribution in [1.82, 2.24) is 5.32 Å². The third-order valence-corrected chi connectivity index (χ3v) is 4.22. The van der Waals surface area contributed by atoms with Crippen molar-refractivity contribution in [2.24, 2.45) is 0 Å². The number of halogens is 1. The van der Waals surface area contributed by atoms with Crippen LogP contribution in [0.4, 0.5) is 10.5 Å². The molecule has 132 valence electrons. The molecule has 0 heterocycles. The number of anilines is 1. The first-order valence-electron chi connectivity index (χ1n) is 8.14. The Kier molecular flexibility index (Phi) is 7.34. The molecule has 2 amide bonds. The molecule has 0 unspecified atom stereocenters. The van der Waals surface area contributed by atoms with Gasteiger partial charge in [-0.3, -0.25) is 0 Å². The molecule has 1 aliphatic rings. The minimum Gasteiger partial charge on any atom is -0.465 e. The molecule has 1 aromatic rings. The van der Waals surface area contributed by atoms with E-state index in [0.29, 0.717) is 24.9 Å². The largest absolute Gasteiger partial charge is 0.465 e. The van der Waals surface area contributed by atoms with Gasteiger partial charge in [-0.1, -0.05) is 24.4 Å². The Morgan fingerprint density at radius 1 is 1.29 bits per heavy atom. The van der Waals surface area contributed by atoms with E-state index in [1.54, 1.807) is 12.1 Å². The minimum atomic E-state index is -0.548. The molecule has 0 bridgehead atoms. The topological polar surface area (TPSA) is 76.7 Å². The molecule has 0 aliphatic heterocycles. The number of nitrogens with one attached hydrogen (secondary N) is 2. The zero-order valence-electron chi connectivity index (χ0n) is 13.8. The van der Waals surface area contributed by atoms with Gasteiger partial charge in [0.05, 0.1) is 23.8 Å². The Balaban J connectivity index is 1.70. The van der Waals surface area contributed by atoms with Gasteiger partial charge in [0.2, 0.25) is 0 Å². The Morgan fingerprint density at radius 2 is 2.04 bits per heavy atom. The molecule has 0 aromatic heterocycles. The third-order valence-electron chi connectivity index (χ3n) is 3.89. The first-order chi connectivity index (χ1) is 11.6. The molecule has 0 spiro atoms. The van der Waals surface area contributed by atoms with E-state index in [-0.39, 0.29) is 16.6 Å². The molecule has 0 saturated heterocycles. The molecule has 0 radical (unpaired) electrons. The minimum absolute atomic E-state index is 0.210. The van der Waals surface area contributed by atoms with E-state index in [0.717, 1.165) is 19.3 Å². The van der Waals surface area contributed by atoms with E-state index in [4.69, 9.17) is 16.3 Å². The highest BCUT2D eigenvalue weighted by molar-refractivity contribution is 6.33. The standard InChI is InChI=1S/C17H23ClN2O4/c1-23-16(21)14-11-12(7-8-15(14)18)20-17(22)19-9-4-10-24-13-5-2-3-6-13/h7-8,11,13H,2-6,9-10H2,1H3,(H2,19,20,22). The SMILES string of the molecule is COC(=O)c1cc(NC(=O)NCCCOC2CCCC2)ccc1Cl. The summed E-state index contributed by atoms with van der Waals surface area (Å²) in [6, 6.07) is 4.31. The van der Waals surface area contributed by atoms with Gasteiger partial charge in [-0.2, -0.15) is 0 Å². The molecule has 2 N–H and O–H groups in total. The quantitative estimate of drug-likeness (QED) is 0.579. The Labute approximate surface area is 146 Å². The van der Waals surface area contributed by atoms with Gasteiger partial charge in [0.25, 0.3) is 0 Å². The number of hydrogen-bond donors (Lipinski definition) is 2. The van der Waals surface area contributed by atoms with Crippen LogP contribution in [0.3, 0.4) is 0 Å². The lowest BCUT2D eigenvalue weighted by atomic mass is 10.2. The van der Waals surface area contributed by atoms with Gasteiger partial charge < -0.3 is 20.1 Å². The lowest BCUT2D eigenvalue weighted by molar-refractivity contribution is 0.0572. The van der Waals surface area contributed by atoms with Crippen LogP contribution in [0.2, 0.25) is 5.02 Å². The first kappa shape index (κ1) is 18.5. The van der Waals surface area contributed by atoms with Crippen molar-refractivity contribution in [2.45, 2.75) is 38.2 Å². The molecular weight excluding hydrogens is 332 g/mol. The van der Waals surface area contributed by atoms with Crippen molar-refractivity contribution >= 4 is 29.3 Å². The molecule has 1 saturated carbocycles. The van der Waals surface area contributed by atoms with Crippen LogP contribution in [0.1, 0.15) is 42.5 Å². The highest BCUT2D eigenvalue weighted by Gasteiger charge is 2.15. The summed E-state index contributed by atoms with van der Waals surface area (Å²) in [6.45, 7) is 1.17. The summed E-state index contributed by atoms with van der Waals surface area (Å²) >= 11 is 5.94. The number of methoxy groups -OCH3 is 1. The number of ether oxygens (including phenoxy) is 2. The Hall–Kier alpha value is -1.79. The van der Waals surface area contributed by atoms with Crippen molar-refractivity contribution < 1.29 is 19.1 Å². The average molecular weight is 355 g/mol. The number of amides is 2. The maximum absolute atomic E-state index is 11.9. The molecule has 1 aliphatic carbocycles. The highest BCUT2D eigenvalue weighted by atomic mass is 35.5. The maximum atomic E-state index is 11.9. The number of carbonyl (C=O) groups excluding carboxylic acids is 2. The predicted molar refractivity (Wildman–Crippen MR) is 92.6 cm³/mol. The van der Waals surface area contributed by atoms with Crippen LogP contribution in [0.25, 0.3) is 0 Å². The fourth-order valence-electron chi connectivity index (χ4n) is 2.62. The van der Waals surface area contributed by atoms with Crippen LogP contribution < -0.4 is 10.6 Å². The molecule has 2 rings (SSSR count). The summed E-state index contributed by atoms with van der Waals surface area (Å²) in [5.74, 6) is -0.548. The van der Waals surface area contributed by atoms with Crippen molar-refractivity contribution in [1.29, 1.82) is 0 Å². The summed E-state index contributed by atoms with van der Waals surface area (Å²) in [4.78, 5) is 23.4. The fraction of sp³-hybridized carbons (Fsp3) is 0.529. The van der Waals surface area contributed by atoms with Crippen LogP contribution >= 0.6 is 11.6 Å². The number of benzene rings is 1. The van der Waals surface area contributed by atoms with E-state index >= 15 is 0 Å². The lowest BCUT2D eigenvalue weighted by Crippen LogP contribution is -2.30. The van der Waals surface area contributed by atoms with Gasteiger partial charge >= 0.3 is 12.0 Å². The molecule has 7 heteroatoms. The maximum Gasteiger partial charge on any atom is 0.339 e. The van der Waals surface area contributed by atoms with Crippen molar-refractivity contribution in [3.05, 3.63) is 28.8 Å². The molecule has 24 heavy (non-hydrogen) atoms. The smallest absolute Gasteiger partial charge is 0.339 e. The van der Waals surface area contributed by atoms with Crippen LogP contribution in [0.15, 0.2) is 18.2 Å². The lowest BCUT2D eigenvalue weighted by Gasteiger charge is -2.12. The number of urea groups is 1. The predicted octanol–water partition coefficient (Wildman–Crippen LogP) is 3.60. The highest BCUT2D eigenvalue weighted by Crippen LogP contribution is 2.22. The second-order valence-corrected chi connectivity index (χ2v) is 6.11. The summed E-state index contributed by atoms with van der Waals surface area (Å²) < 4.78 is 10.4. The molecule has 1 aromatic carbocycles. The number of rotatable bonds is 7. The second kappa shape index (κ2) is 9.49. The second-order valence-electron chi connectivity index (χ2n) is 5.70. The normalized spacial score (nSPS) is 14.4. The number of hydrogen-bond acceptors (Lipinski definition) is 4. The van der Waals surface area contributed by atoms with E-state index in [2.05, 4.69) is 15.4 Å². The summed E-state index contributed by atoms with van der Waals surface area (Å²) in [5.41, 5.74) is 0.682. The molecule has 0 atom stereocenters. The van der Waals surface area contributed by atoms with E-state index in [9.17, 15) is 9.59 Å². The van der Waals surface area contributed by atoms with Crippen LogP contribution in [0.5, 0.6) is 0 Å². The monoisotopic (exact) mass is 354 g/mol. The summed E-state index contributed by atoms with van der Waals surface area (Å²) in [6.07, 6.45) is 5.95. The summed E-state index contributed by atoms with van der Waals surface area (Å²) in [5, 5.41) is 5.69. The summed E-state index contributed by atoms with van der Waals surface area (Å²) in [7, 11) is 1.28. The van der Waals surface area contributed by atoms with E-state index in [1.807, 2.05) is 0 Å². The van der Waals surface area contributed by atoms with E-state index in [1.165, 1.54) is 26.0 Å².